The number of hydrogen-bond acceptors (Lipinski definition) is 4. The minimum atomic E-state index is -0.145. The highest BCUT2D eigenvalue weighted by molar-refractivity contribution is 6.05. The average molecular weight is 260 g/mol. The minimum Gasteiger partial charge on any atom is -0.399 e. The number of carbonyl (C=O) groups excluding carboxylic acids is 1. The second kappa shape index (κ2) is 4.55. The van der Waals surface area contributed by atoms with Gasteiger partial charge in [-0.3, -0.25) is 9.89 Å². The van der Waals surface area contributed by atoms with E-state index in [4.69, 9.17) is 5.73 Å². The molecule has 2 heterocycles. The van der Waals surface area contributed by atoms with Crippen molar-refractivity contribution in [2.45, 2.75) is 18.9 Å². The zero-order valence-electron chi connectivity index (χ0n) is 10.5. The molecule has 1 aromatic carbocycles. The van der Waals surface area contributed by atoms with Gasteiger partial charge in [0.2, 0.25) is 0 Å². The van der Waals surface area contributed by atoms with Crippen LogP contribution in [0.3, 0.4) is 0 Å². The first-order valence-corrected chi connectivity index (χ1v) is 6.36. The maximum absolute atomic E-state index is 12.5. The second-order valence-electron chi connectivity index (χ2n) is 4.85. The smallest absolute Gasteiger partial charge is 0.275 e. The number of aliphatic hydroxyl groups excluding tert-OH is 1. The largest absolute Gasteiger partial charge is 0.399 e. The Morgan fingerprint density at radius 1 is 1.58 bits per heavy atom. The molecule has 1 fully saturated rings. The van der Waals surface area contributed by atoms with Crippen LogP contribution in [0.2, 0.25) is 0 Å². The molecule has 19 heavy (non-hydrogen) atoms. The zero-order chi connectivity index (χ0) is 13.4. The lowest BCUT2D eigenvalue weighted by atomic mass is 10.1. The van der Waals surface area contributed by atoms with E-state index >= 15 is 0 Å². The summed E-state index contributed by atoms with van der Waals surface area (Å²) < 4.78 is 0. The number of benzene rings is 1. The number of nitrogen functional groups attached to an aromatic ring is 1. The van der Waals surface area contributed by atoms with E-state index in [0.717, 1.165) is 23.7 Å². The van der Waals surface area contributed by atoms with Crippen molar-refractivity contribution in [3.8, 4) is 0 Å². The van der Waals surface area contributed by atoms with Crippen LogP contribution in [0.1, 0.15) is 23.3 Å². The number of fused-ring (bicyclic) bond motifs is 1. The number of aliphatic hydroxyl groups is 1. The van der Waals surface area contributed by atoms with Crippen molar-refractivity contribution >= 4 is 22.5 Å². The number of nitrogens with two attached hydrogens (primary N) is 1. The molecule has 0 saturated carbocycles. The van der Waals surface area contributed by atoms with E-state index in [9.17, 15) is 9.90 Å². The molecule has 1 aliphatic rings. The molecule has 100 valence electrons. The van der Waals surface area contributed by atoms with E-state index in [0.29, 0.717) is 17.9 Å². The molecule has 4 N–H and O–H groups in total. The fourth-order valence-electron chi connectivity index (χ4n) is 2.62. The van der Waals surface area contributed by atoms with Crippen molar-refractivity contribution in [2.24, 2.45) is 0 Å². The van der Waals surface area contributed by atoms with Gasteiger partial charge in [0, 0.05) is 17.6 Å². The van der Waals surface area contributed by atoms with Gasteiger partial charge in [0.15, 0.2) is 5.69 Å². The quantitative estimate of drug-likeness (QED) is 0.694. The molecule has 3 rings (SSSR count). The number of nitrogens with one attached hydrogen (secondary N) is 1. The van der Waals surface area contributed by atoms with E-state index in [1.54, 1.807) is 17.0 Å². The molecule has 1 aromatic heterocycles. The lowest BCUT2D eigenvalue weighted by Gasteiger charge is -2.22. The molecular formula is C13H16N4O2. The van der Waals surface area contributed by atoms with Crippen molar-refractivity contribution in [3.05, 3.63) is 23.9 Å². The Morgan fingerprint density at radius 3 is 3.21 bits per heavy atom. The van der Waals surface area contributed by atoms with E-state index in [-0.39, 0.29) is 18.6 Å². The number of nitrogens with zero attached hydrogens (tertiary/aromatic N) is 2. The molecule has 1 unspecified atom stereocenters. The zero-order valence-corrected chi connectivity index (χ0v) is 10.5. The Balaban J connectivity index is 1.99. The fraction of sp³-hybridized carbons (Fsp3) is 0.385. The molecule has 1 aliphatic heterocycles. The van der Waals surface area contributed by atoms with Gasteiger partial charge in [0.25, 0.3) is 5.91 Å². The Labute approximate surface area is 110 Å². The van der Waals surface area contributed by atoms with Gasteiger partial charge in [0.1, 0.15) is 0 Å². The molecule has 0 radical (unpaired) electrons. The van der Waals surface area contributed by atoms with Gasteiger partial charge in [-0.1, -0.05) is 0 Å². The highest BCUT2D eigenvalue weighted by Crippen LogP contribution is 2.24. The highest BCUT2D eigenvalue weighted by Gasteiger charge is 2.30. The second-order valence-corrected chi connectivity index (χ2v) is 4.85. The molecule has 6 nitrogen and oxygen atoms in total. The third-order valence-electron chi connectivity index (χ3n) is 3.64. The summed E-state index contributed by atoms with van der Waals surface area (Å²) in [4.78, 5) is 14.2. The summed E-state index contributed by atoms with van der Waals surface area (Å²) in [7, 11) is 0. The molecule has 0 aliphatic carbocycles. The van der Waals surface area contributed by atoms with Crippen molar-refractivity contribution in [2.75, 3.05) is 18.9 Å². The van der Waals surface area contributed by atoms with Gasteiger partial charge in [-0.15, -0.1) is 0 Å². The minimum absolute atomic E-state index is 0.00374. The third-order valence-corrected chi connectivity index (χ3v) is 3.64. The van der Waals surface area contributed by atoms with Crippen LogP contribution < -0.4 is 5.73 Å². The van der Waals surface area contributed by atoms with Gasteiger partial charge in [-0.05, 0) is 31.0 Å². The summed E-state index contributed by atoms with van der Waals surface area (Å²) in [6.07, 6.45) is 1.76. The molecule has 2 aromatic rings. The number of carbonyl (C=O) groups is 1. The normalized spacial score (nSPS) is 19.2. The Morgan fingerprint density at radius 2 is 2.42 bits per heavy atom. The Hall–Kier alpha value is -2.08. The number of hydrogen-bond donors (Lipinski definition) is 3. The van der Waals surface area contributed by atoms with Crippen LogP contribution in [0, 0.1) is 0 Å². The monoisotopic (exact) mass is 260 g/mol. The first-order valence-electron chi connectivity index (χ1n) is 6.36. The Bertz CT molecular complexity index is 622. The number of amides is 1. The van der Waals surface area contributed by atoms with Gasteiger partial charge >= 0.3 is 0 Å². The van der Waals surface area contributed by atoms with E-state index in [2.05, 4.69) is 10.2 Å². The number of likely N-dealkylation sites (tertiary alicyclic amines) is 1. The predicted molar refractivity (Wildman–Crippen MR) is 71.7 cm³/mol. The summed E-state index contributed by atoms with van der Waals surface area (Å²) in [5.41, 5.74) is 7.52. The molecular weight excluding hydrogens is 244 g/mol. The van der Waals surface area contributed by atoms with Crippen LogP contribution in [-0.4, -0.2) is 45.3 Å². The molecule has 0 bridgehead atoms. The van der Waals surface area contributed by atoms with Crippen molar-refractivity contribution in [3.63, 3.8) is 0 Å². The topological polar surface area (TPSA) is 95.2 Å². The van der Waals surface area contributed by atoms with Crippen molar-refractivity contribution < 1.29 is 9.90 Å². The summed E-state index contributed by atoms with van der Waals surface area (Å²) >= 11 is 0. The van der Waals surface area contributed by atoms with Gasteiger partial charge in [-0.2, -0.15) is 5.10 Å². The number of H-pyrrole nitrogens is 1. The SMILES string of the molecule is Nc1ccc2[nH]nc(C(=O)N3CCCC3CO)c2c1. The maximum Gasteiger partial charge on any atom is 0.275 e. The number of aromatic nitrogens is 2. The van der Waals surface area contributed by atoms with Crippen LogP contribution in [0.4, 0.5) is 5.69 Å². The number of rotatable bonds is 2. The Kier molecular flexibility index (Phi) is 2.87. The van der Waals surface area contributed by atoms with Crippen LogP contribution in [0.15, 0.2) is 18.2 Å². The predicted octanol–water partition coefficient (Wildman–Crippen LogP) is 0.742. The average Bonchev–Trinajstić information content (AvgIpc) is 3.03. The lowest BCUT2D eigenvalue weighted by Crippen LogP contribution is -2.37. The van der Waals surface area contributed by atoms with Crippen LogP contribution in [0.5, 0.6) is 0 Å². The molecule has 0 spiro atoms. The van der Waals surface area contributed by atoms with Gasteiger partial charge in [0.05, 0.1) is 18.2 Å². The first kappa shape index (κ1) is 12.0. The van der Waals surface area contributed by atoms with Crippen molar-refractivity contribution in [1.82, 2.24) is 15.1 Å². The van der Waals surface area contributed by atoms with Crippen LogP contribution in [-0.2, 0) is 0 Å². The highest BCUT2D eigenvalue weighted by atomic mass is 16.3. The van der Waals surface area contributed by atoms with E-state index in [1.165, 1.54) is 0 Å². The lowest BCUT2D eigenvalue weighted by molar-refractivity contribution is 0.0673. The van der Waals surface area contributed by atoms with E-state index < -0.39 is 0 Å². The van der Waals surface area contributed by atoms with Crippen LogP contribution >= 0.6 is 0 Å². The van der Waals surface area contributed by atoms with E-state index in [1.807, 2.05) is 6.07 Å². The molecule has 1 saturated heterocycles. The summed E-state index contributed by atoms with van der Waals surface area (Å²) in [5.74, 6) is -0.145. The number of aromatic amines is 1. The number of anilines is 1. The summed E-state index contributed by atoms with van der Waals surface area (Å²) in [5, 5.41) is 17.0. The standard InChI is InChI=1S/C13H16N4O2/c14-8-3-4-11-10(6-8)12(16-15-11)13(19)17-5-1-2-9(17)7-18/h3-4,6,9,18H,1-2,5,7,14H2,(H,15,16). The third kappa shape index (κ3) is 1.94. The maximum atomic E-state index is 12.5. The fourth-order valence-corrected chi connectivity index (χ4v) is 2.62. The summed E-state index contributed by atoms with van der Waals surface area (Å²) in [6, 6.07) is 5.22. The molecule has 6 heteroatoms. The van der Waals surface area contributed by atoms with Gasteiger partial charge < -0.3 is 15.7 Å². The first-order chi connectivity index (χ1) is 9.20. The summed E-state index contributed by atoms with van der Waals surface area (Å²) in [6.45, 7) is 0.664. The van der Waals surface area contributed by atoms with Gasteiger partial charge in [-0.25, -0.2) is 0 Å². The van der Waals surface area contributed by atoms with Crippen LogP contribution in [0.25, 0.3) is 10.9 Å². The molecule has 1 amide bonds. The molecule has 1 atom stereocenters. The van der Waals surface area contributed by atoms with Crippen molar-refractivity contribution in [1.29, 1.82) is 0 Å².